The van der Waals surface area contributed by atoms with E-state index in [2.05, 4.69) is 15.2 Å². The van der Waals surface area contributed by atoms with Gasteiger partial charge >= 0.3 is 6.09 Å². The lowest BCUT2D eigenvalue weighted by molar-refractivity contribution is 0.0106. The molecule has 1 N–H and O–H groups in total. The third-order valence-electron chi connectivity index (χ3n) is 7.59. The normalized spacial score (nSPS) is 16.6. The Kier molecular flexibility index (Phi) is 6.01. The lowest BCUT2D eigenvalue weighted by atomic mass is 10.1. The lowest BCUT2D eigenvalue weighted by Crippen LogP contribution is -2.58. The van der Waals surface area contributed by atoms with Crippen molar-refractivity contribution in [1.82, 2.24) is 24.1 Å². The second-order valence-corrected chi connectivity index (χ2v) is 11.8. The number of pyridine rings is 1. The average molecular weight is 548 g/mol. The maximum absolute atomic E-state index is 14.6. The smallest absolute Gasteiger partial charge is 0.410 e. The van der Waals surface area contributed by atoms with Gasteiger partial charge < -0.3 is 19.4 Å². The molecule has 4 heterocycles. The second kappa shape index (κ2) is 9.21. The summed E-state index contributed by atoms with van der Waals surface area (Å²) in [5, 5.41) is 8.41. The van der Waals surface area contributed by atoms with E-state index in [9.17, 15) is 14.0 Å². The van der Waals surface area contributed by atoms with Crippen LogP contribution in [0.3, 0.4) is 0 Å². The predicted molar refractivity (Wildman–Crippen MR) is 150 cm³/mol. The van der Waals surface area contributed by atoms with Crippen molar-refractivity contribution in [2.24, 2.45) is 0 Å². The topological polar surface area (TPSA) is 97.0 Å². The molecule has 6 rings (SSSR count). The first-order valence-electron chi connectivity index (χ1n) is 13.7. The molecule has 11 heteroatoms. The number of anilines is 2. The molecule has 0 bridgehead atoms. The first-order valence-corrected chi connectivity index (χ1v) is 13.7. The minimum atomic E-state index is -0.545. The summed E-state index contributed by atoms with van der Waals surface area (Å²) in [5.41, 5.74) is 2.40. The third-order valence-corrected chi connectivity index (χ3v) is 7.59. The van der Waals surface area contributed by atoms with E-state index in [0.717, 1.165) is 23.9 Å². The molecule has 1 aliphatic carbocycles. The van der Waals surface area contributed by atoms with E-state index >= 15 is 0 Å². The molecule has 2 amide bonds. The largest absolute Gasteiger partial charge is 0.444 e. The van der Waals surface area contributed by atoms with Crippen LogP contribution in [0.15, 0.2) is 36.8 Å². The zero-order valence-corrected chi connectivity index (χ0v) is 23.5. The van der Waals surface area contributed by atoms with Gasteiger partial charge in [-0.15, -0.1) is 0 Å². The van der Waals surface area contributed by atoms with Crippen molar-refractivity contribution in [2.45, 2.75) is 65.1 Å². The van der Waals surface area contributed by atoms with Crippen LogP contribution in [0.2, 0.25) is 0 Å². The van der Waals surface area contributed by atoms with Crippen LogP contribution in [0, 0.1) is 12.7 Å². The van der Waals surface area contributed by atoms with E-state index in [0.29, 0.717) is 48.6 Å². The third kappa shape index (κ3) is 4.63. The molecule has 1 aromatic carbocycles. The number of nitrogens with zero attached hydrogens (tertiary/aromatic N) is 6. The fourth-order valence-electron chi connectivity index (χ4n) is 5.56. The van der Waals surface area contributed by atoms with Crippen molar-refractivity contribution in [3.05, 3.63) is 53.9 Å². The molecule has 3 aromatic heterocycles. The number of aryl methyl sites for hydroxylation is 2. The molecule has 1 saturated heterocycles. The summed E-state index contributed by atoms with van der Waals surface area (Å²) in [7, 11) is 0. The standard InChI is InChI=1S/C29H34FN7O3/c1-6-36-16-21-23(34-11-12-37(29(17-34)9-10-29)27(39)40-28(3,4)5)8-7-20(24(21)33-36)26(38)32-19-13-22(30)25-31-18(2)14-35(25)15-19/h7-8,13-16H,6,9-12,17H2,1-5H3,(H,32,38). The maximum Gasteiger partial charge on any atom is 0.410 e. The van der Waals surface area contributed by atoms with Gasteiger partial charge in [0.1, 0.15) is 11.1 Å². The zero-order chi connectivity index (χ0) is 28.4. The molecule has 0 unspecified atom stereocenters. The van der Waals surface area contributed by atoms with Gasteiger partial charge in [0.15, 0.2) is 11.5 Å². The highest BCUT2D eigenvalue weighted by atomic mass is 19.1. The molecule has 10 nitrogen and oxygen atoms in total. The van der Waals surface area contributed by atoms with Crippen LogP contribution in [-0.4, -0.2) is 66.8 Å². The fraction of sp³-hybridized carbons (Fsp3) is 0.448. The van der Waals surface area contributed by atoms with Crippen LogP contribution < -0.4 is 10.2 Å². The van der Waals surface area contributed by atoms with Gasteiger partial charge in [0.05, 0.1) is 22.5 Å². The number of carbonyl (C=O) groups excluding carboxylic acids is 2. The summed E-state index contributed by atoms with van der Waals surface area (Å²) < 4.78 is 23.7. The summed E-state index contributed by atoms with van der Waals surface area (Å²) in [6.07, 6.45) is 6.91. The number of nitrogens with one attached hydrogen (secondary N) is 1. The molecule has 2 aliphatic rings. The second-order valence-electron chi connectivity index (χ2n) is 11.8. The number of piperazine rings is 1. The van der Waals surface area contributed by atoms with Crippen LogP contribution in [0.1, 0.15) is 56.6 Å². The highest BCUT2D eigenvalue weighted by Crippen LogP contribution is 2.46. The van der Waals surface area contributed by atoms with Gasteiger partial charge in [-0.2, -0.15) is 5.10 Å². The first-order chi connectivity index (χ1) is 19.0. The molecule has 4 aromatic rings. The SMILES string of the molecule is CCn1cc2c(N3CCN(C(=O)OC(C)(C)C)C4(CC4)C3)ccc(C(=O)Nc3cc(F)c4nc(C)cn4c3)c2n1. The Morgan fingerprint density at radius 2 is 1.93 bits per heavy atom. The minimum Gasteiger partial charge on any atom is -0.444 e. The maximum atomic E-state index is 14.6. The van der Waals surface area contributed by atoms with Crippen molar-refractivity contribution in [3.8, 4) is 0 Å². The number of benzene rings is 1. The van der Waals surface area contributed by atoms with Gasteiger partial charge in [-0.3, -0.25) is 14.4 Å². The Hall–Kier alpha value is -4.15. The Labute approximate surface area is 231 Å². The number of carbonyl (C=O) groups is 2. The Balaban J connectivity index is 1.29. The Bertz CT molecular complexity index is 1650. The molecule has 210 valence electrons. The minimum absolute atomic E-state index is 0.212. The molecule has 0 atom stereocenters. The number of fused-ring (bicyclic) bond motifs is 2. The summed E-state index contributed by atoms with van der Waals surface area (Å²) in [6.45, 7) is 12.0. The molecule has 40 heavy (non-hydrogen) atoms. The number of hydrogen-bond donors (Lipinski definition) is 1. The Morgan fingerprint density at radius 3 is 2.62 bits per heavy atom. The van der Waals surface area contributed by atoms with Crippen molar-refractivity contribution in [1.29, 1.82) is 0 Å². The van der Waals surface area contributed by atoms with Crippen LogP contribution in [-0.2, 0) is 11.3 Å². The van der Waals surface area contributed by atoms with Crippen LogP contribution in [0.5, 0.6) is 0 Å². The van der Waals surface area contributed by atoms with E-state index in [1.165, 1.54) is 6.07 Å². The van der Waals surface area contributed by atoms with Gasteiger partial charge in [0.25, 0.3) is 5.91 Å². The number of halogens is 1. The van der Waals surface area contributed by atoms with Gasteiger partial charge in [0.2, 0.25) is 0 Å². The van der Waals surface area contributed by atoms with E-state index in [4.69, 9.17) is 9.84 Å². The van der Waals surface area contributed by atoms with Crippen molar-refractivity contribution >= 4 is 39.9 Å². The van der Waals surface area contributed by atoms with Gasteiger partial charge in [-0.05, 0) is 59.6 Å². The fourth-order valence-corrected chi connectivity index (χ4v) is 5.56. The molecule has 1 aliphatic heterocycles. The monoisotopic (exact) mass is 547 g/mol. The van der Waals surface area contributed by atoms with E-state index in [1.807, 2.05) is 49.5 Å². The number of aromatic nitrogens is 4. The summed E-state index contributed by atoms with van der Waals surface area (Å²) >= 11 is 0. The van der Waals surface area contributed by atoms with E-state index in [-0.39, 0.29) is 23.2 Å². The molecular formula is C29H34FN7O3. The lowest BCUT2D eigenvalue weighted by Gasteiger charge is -2.43. The predicted octanol–water partition coefficient (Wildman–Crippen LogP) is 4.99. The first kappa shape index (κ1) is 26.1. The highest BCUT2D eigenvalue weighted by Gasteiger charge is 2.54. The van der Waals surface area contributed by atoms with Crippen LogP contribution >= 0.6 is 0 Å². The number of hydrogen-bond acceptors (Lipinski definition) is 6. The summed E-state index contributed by atoms with van der Waals surface area (Å²) in [5.74, 6) is -0.886. The molecule has 1 saturated carbocycles. The number of amides is 2. The van der Waals surface area contributed by atoms with Crippen molar-refractivity contribution < 1.29 is 18.7 Å². The molecular weight excluding hydrogens is 513 g/mol. The quantitative estimate of drug-likeness (QED) is 0.387. The van der Waals surface area contributed by atoms with Crippen molar-refractivity contribution in [2.75, 3.05) is 29.9 Å². The van der Waals surface area contributed by atoms with E-state index < -0.39 is 11.4 Å². The van der Waals surface area contributed by atoms with Crippen molar-refractivity contribution in [3.63, 3.8) is 0 Å². The van der Waals surface area contributed by atoms with E-state index in [1.54, 1.807) is 29.8 Å². The molecule has 1 spiro atoms. The Morgan fingerprint density at radius 1 is 1.15 bits per heavy atom. The number of imidazole rings is 1. The summed E-state index contributed by atoms with van der Waals surface area (Å²) in [4.78, 5) is 34.7. The van der Waals surface area contributed by atoms with Crippen LogP contribution in [0.4, 0.5) is 20.6 Å². The van der Waals surface area contributed by atoms with Gasteiger partial charge in [-0.1, -0.05) is 0 Å². The highest BCUT2D eigenvalue weighted by molar-refractivity contribution is 6.14. The van der Waals surface area contributed by atoms with Crippen LogP contribution in [0.25, 0.3) is 16.6 Å². The average Bonchev–Trinajstić information content (AvgIpc) is 3.30. The number of rotatable bonds is 4. The summed E-state index contributed by atoms with van der Waals surface area (Å²) in [6, 6.07) is 4.99. The molecule has 0 radical (unpaired) electrons. The number of ether oxygens (including phenoxy) is 1. The van der Waals surface area contributed by atoms with Gasteiger partial charge in [0, 0.05) is 61.9 Å². The zero-order valence-electron chi connectivity index (χ0n) is 23.5. The van der Waals surface area contributed by atoms with Gasteiger partial charge in [-0.25, -0.2) is 14.2 Å². The molecule has 2 fully saturated rings.